The summed E-state index contributed by atoms with van der Waals surface area (Å²) in [5, 5.41) is 12.5. The monoisotopic (exact) mass is 329 g/mol. The summed E-state index contributed by atoms with van der Waals surface area (Å²) >= 11 is 0. The van der Waals surface area contributed by atoms with Crippen LogP contribution in [0.4, 0.5) is 5.82 Å². The molecule has 0 spiro atoms. The van der Waals surface area contributed by atoms with Gasteiger partial charge in [0.05, 0.1) is 0 Å². The van der Waals surface area contributed by atoms with Crippen LogP contribution in [0.2, 0.25) is 0 Å². The molecule has 1 saturated heterocycles. The number of aromatic nitrogens is 1. The molecule has 0 amide bonds. The molecule has 2 heterocycles. The Morgan fingerprint density at radius 2 is 2.18 bits per heavy atom. The van der Waals surface area contributed by atoms with E-state index in [4.69, 9.17) is 16.6 Å². The second kappa shape index (κ2) is 9.97. The van der Waals surface area contributed by atoms with Crippen molar-refractivity contribution >= 4 is 18.2 Å². The van der Waals surface area contributed by atoms with Crippen LogP contribution in [-0.2, 0) is 6.42 Å². The van der Waals surface area contributed by atoms with E-state index in [1.54, 1.807) is 0 Å². The largest absolute Gasteiger partial charge is 0.396 e. The number of nitrogens with two attached hydrogens (primary N) is 2. The molecule has 2 rings (SSSR count). The van der Waals surface area contributed by atoms with Gasteiger partial charge in [0.2, 0.25) is 0 Å². The molecule has 0 aliphatic carbocycles. The van der Waals surface area contributed by atoms with Crippen LogP contribution in [0.15, 0.2) is 18.2 Å². The third kappa shape index (κ3) is 5.70. The minimum Gasteiger partial charge on any atom is -0.396 e. The van der Waals surface area contributed by atoms with E-state index in [0.717, 1.165) is 44.7 Å². The summed E-state index contributed by atoms with van der Waals surface area (Å²) in [6.45, 7) is 4.73. The van der Waals surface area contributed by atoms with Crippen molar-refractivity contribution in [2.75, 3.05) is 45.1 Å². The summed E-state index contributed by atoms with van der Waals surface area (Å²) in [6, 6.07) is 6.23. The molecule has 126 valence electrons. The number of nitrogens with zero attached hydrogens (tertiary/aromatic N) is 2. The van der Waals surface area contributed by atoms with Crippen LogP contribution in [0, 0.1) is 5.92 Å². The van der Waals surface area contributed by atoms with Gasteiger partial charge in [0.25, 0.3) is 0 Å². The lowest BCUT2D eigenvalue weighted by molar-refractivity contribution is 0.279. The SMILES string of the molecule is Cl.NCCN1C[C@H](Cc2cccc(N)n2)[C@H](NCCCO)C1. The van der Waals surface area contributed by atoms with E-state index in [1.165, 1.54) is 0 Å². The Morgan fingerprint density at radius 3 is 2.86 bits per heavy atom. The molecule has 0 radical (unpaired) electrons. The van der Waals surface area contributed by atoms with Gasteiger partial charge in [-0.15, -0.1) is 12.4 Å². The molecule has 1 aliphatic rings. The number of aliphatic hydroxyl groups is 1. The van der Waals surface area contributed by atoms with Crippen LogP contribution in [0.25, 0.3) is 0 Å². The van der Waals surface area contributed by atoms with Crippen LogP contribution in [0.5, 0.6) is 0 Å². The second-order valence-corrected chi connectivity index (χ2v) is 5.70. The summed E-state index contributed by atoms with van der Waals surface area (Å²) in [5.41, 5.74) is 12.5. The number of anilines is 1. The molecule has 0 bridgehead atoms. The smallest absolute Gasteiger partial charge is 0.123 e. The summed E-state index contributed by atoms with van der Waals surface area (Å²) in [5.74, 6) is 1.08. The minimum absolute atomic E-state index is 0. The number of likely N-dealkylation sites (tertiary alicyclic amines) is 1. The van der Waals surface area contributed by atoms with Gasteiger partial charge in [0.1, 0.15) is 5.82 Å². The van der Waals surface area contributed by atoms with E-state index >= 15 is 0 Å². The normalized spacial score (nSPS) is 21.7. The van der Waals surface area contributed by atoms with E-state index in [1.807, 2.05) is 18.2 Å². The molecular formula is C15H28ClN5O. The number of pyridine rings is 1. The quantitative estimate of drug-likeness (QED) is 0.495. The van der Waals surface area contributed by atoms with E-state index in [2.05, 4.69) is 15.2 Å². The molecule has 0 aromatic carbocycles. The average Bonchev–Trinajstić information content (AvgIpc) is 2.82. The summed E-state index contributed by atoms with van der Waals surface area (Å²) < 4.78 is 0. The maximum atomic E-state index is 8.92. The lowest BCUT2D eigenvalue weighted by Gasteiger charge is -2.19. The van der Waals surface area contributed by atoms with Crippen LogP contribution in [0.1, 0.15) is 12.1 Å². The Labute approximate surface area is 138 Å². The maximum absolute atomic E-state index is 8.92. The fraction of sp³-hybridized carbons (Fsp3) is 0.667. The molecule has 1 aromatic rings. The zero-order valence-corrected chi connectivity index (χ0v) is 13.8. The predicted octanol–water partition coefficient (Wildman–Crippen LogP) is -0.141. The van der Waals surface area contributed by atoms with Gasteiger partial charge < -0.3 is 26.8 Å². The Kier molecular flexibility index (Phi) is 8.67. The first-order valence-electron chi connectivity index (χ1n) is 7.71. The molecule has 6 nitrogen and oxygen atoms in total. The summed E-state index contributed by atoms with van der Waals surface area (Å²) in [7, 11) is 0. The zero-order valence-electron chi connectivity index (χ0n) is 12.9. The van der Waals surface area contributed by atoms with Crippen LogP contribution in [-0.4, -0.2) is 60.4 Å². The predicted molar refractivity (Wildman–Crippen MR) is 92.1 cm³/mol. The molecule has 1 aliphatic heterocycles. The summed E-state index contributed by atoms with van der Waals surface area (Å²) in [4.78, 5) is 6.80. The zero-order chi connectivity index (χ0) is 15.1. The lowest BCUT2D eigenvalue weighted by atomic mass is 9.97. The number of hydrogen-bond acceptors (Lipinski definition) is 6. The topological polar surface area (TPSA) is 100 Å². The first kappa shape index (κ1) is 19.1. The van der Waals surface area contributed by atoms with E-state index in [-0.39, 0.29) is 19.0 Å². The van der Waals surface area contributed by atoms with Crippen LogP contribution in [0.3, 0.4) is 0 Å². The molecule has 1 fully saturated rings. The molecule has 0 saturated carbocycles. The molecule has 1 aromatic heterocycles. The number of nitrogen functional groups attached to an aromatic ring is 1. The van der Waals surface area contributed by atoms with E-state index in [0.29, 0.717) is 24.3 Å². The van der Waals surface area contributed by atoms with Crippen molar-refractivity contribution in [3.05, 3.63) is 23.9 Å². The summed E-state index contributed by atoms with van der Waals surface area (Å²) in [6.07, 6.45) is 1.71. The molecule has 0 unspecified atom stereocenters. The average molecular weight is 330 g/mol. The van der Waals surface area contributed by atoms with Crippen molar-refractivity contribution in [3.8, 4) is 0 Å². The lowest BCUT2D eigenvalue weighted by Crippen LogP contribution is -2.38. The van der Waals surface area contributed by atoms with E-state index in [9.17, 15) is 0 Å². The van der Waals surface area contributed by atoms with Crippen molar-refractivity contribution < 1.29 is 5.11 Å². The minimum atomic E-state index is 0. The Balaban J connectivity index is 0.00000242. The number of halogens is 1. The second-order valence-electron chi connectivity index (χ2n) is 5.70. The molecular weight excluding hydrogens is 302 g/mol. The third-order valence-electron chi connectivity index (χ3n) is 4.00. The standard InChI is InChI=1S/C15H27N5O.ClH/c16-5-7-20-10-12(14(11-20)18-6-2-8-21)9-13-3-1-4-15(17)19-13;/h1,3-4,12,14,18,21H,2,5-11,16H2,(H2,17,19);1H/t12-,14+;/m0./s1. The van der Waals surface area contributed by atoms with Crippen molar-refractivity contribution in [1.82, 2.24) is 15.2 Å². The number of hydrogen-bond donors (Lipinski definition) is 4. The number of aliphatic hydroxyl groups excluding tert-OH is 1. The highest BCUT2D eigenvalue weighted by Gasteiger charge is 2.32. The molecule has 6 N–H and O–H groups in total. The maximum Gasteiger partial charge on any atom is 0.123 e. The fourth-order valence-electron chi connectivity index (χ4n) is 3.01. The first-order chi connectivity index (χ1) is 10.2. The van der Waals surface area contributed by atoms with Gasteiger partial charge in [0, 0.05) is 44.5 Å². The highest BCUT2D eigenvalue weighted by Crippen LogP contribution is 2.21. The molecule has 7 heteroatoms. The van der Waals surface area contributed by atoms with Gasteiger partial charge in [-0.25, -0.2) is 4.98 Å². The molecule has 22 heavy (non-hydrogen) atoms. The fourth-order valence-corrected chi connectivity index (χ4v) is 3.01. The number of nitrogens with one attached hydrogen (secondary N) is 1. The Hall–Kier alpha value is -0.920. The van der Waals surface area contributed by atoms with Crippen molar-refractivity contribution in [1.29, 1.82) is 0 Å². The molecule has 2 atom stereocenters. The highest BCUT2D eigenvalue weighted by atomic mass is 35.5. The van der Waals surface area contributed by atoms with Crippen LogP contribution < -0.4 is 16.8 Å². The van der Waals surface area contributed by atoms with Gasteiger partial charge in [-0.1, -0.05) is 6.07 Å². The Bertz CT molecular complexity index is 434. The Morgan fingerprint density at radius 1 is 1.36 bits per heavy atom. The van der Waals surface area contributed by atoms with Crippen molar-refractivity contribution in [2.24, 2.45) is 11.7 Å². The third-order valence-corrected chi connectivity index (χ3v) is 4.00. The van der Waals surface area contributed by atoms with E-state index < -0.39 is 0 Å². The van der Waals surface area contributed by atoms with Gasteiger partial charge in [-0.3, -0.25) is 0 Å². The first-order valence-corrected chi connectivity index (χ1v) is 7.71. The van der Waals surface area contributed by atoms with Crippen LogP contribution >= 0.6 is 12.4 Å². The van der Waals surface area contributed by atoms with Crippen molar-refractivity contribution in [3.63, 3.8) is 0 Å². The van der Waals surface area contributed by atoms with Crippen molar-refractivity contribution in [2.45, 2.75) is 18.9 Å². The van der Waals surface area contributed by atoms with Gasteiger partial charge in [0.15, 0.2) is 0 Å². The van der Waals surface area contributed by atoms with Gasteiger partial charge in [-0.05, 0) is 37.4 Å². The number of rotatable bonds is 8. The van der Waals surface area contributed by atoms with Gasteiger partial charge >= 0.3 is 0 Å². The van der Waals surface area contributed by atoms with Gasteiger partial charge in [-0.2, -0.15) is 0 Å². The highest BCUT2D eigenvalue weighted by molar-refractivity contribution is 5.85.